The number of hydrogen-bond donors (Lipinski definition) is 1. The molecule has 5 heteroatoms. The number of halogens is 1. The van der Waals surface area contributed by atoms with Crippen molar-refractivity contribution in [2.45, 2.75) is 6.92 Å². The van der Waals surface area contributed by atoms with Gasteiger partial charge in [-0.25, -0.2) is 9.97 Å². The number of rotatable bonds is 2. The van der Waals surface area contributed by atoms with Crippen molar-refractivity contribution in [3.8, 4) is 17.0 Å². The van der Waals surface area contributed by atoms with Crippen molar-refractivity contribution < 1.29 is 4.74 Å². The number of aryl methyl sites for hydroxylation is 1. The third-order valence-electron chi connectivity index (χ3n) is 2.51. The van der Waals surface area contributed by atoms with Crippen molar-refractivity contribution in [3.63, 3.8) is 0 Å². The van der Waals surface area contributed by atoms with Gasteiger partial charge in [0.05, 0.1) is 28.7 Å². The summed E-state index contributed by atoms with van der Waals surface area (Å²) in [6.45, 7) is 1.86. The van der Waals surface area contributed by atoms with Crippen LogP contribution in [0.1, 0.15) is 5.69 Å². The first-order valence-corrected chi connectivity index (χ1v) is 5.83. The lowest BCUT2D eigenvalue weighted by Gasteiger charge is -2.08. The molecule has 0 aliphatic heterocycles. The smallest absolute Gasteiger partial charge is 0.133 e. The van der Waals surface area contributed by atoms with Crippen molar-refractivity contribution in [1.82, 2.24) is 9.97 Å². The first kappa shape index (κ1) is 11.9. The molecule has 0 aliphatic carbocycles. The number of aromatic nitrogens is 2. The first-order chi connectivity index (χ1) is 8.13. The molecule has 0 radical (unpaired) electrons. The molecule has 0 fully saturated rings. The summed E-state index contributed by atoms with van der Waals surface area (Å²) in [5.41, 5.74) is 9.01. The van der Waals surface area contributed by atoms with Gasteiger partial charge < -0.3 is 10.5 Å². The lowest BCUT2D eigenvalue weighted by atomic mass is 10.1. The summed E-state index contributed by atoms with van der Waals surface area (Å²) in [5, 5.41) is 0. The molecule has 2 rings (SSSR count). The van der Waals surface area contributed by atoms with Crippen LogP contribution in [-0.2, 0) is 0 Å². The second-order valence-corrected chi connectivity index (χ2v) is 4.43. The molecule has 17 heavy (non-hydrogen) atoms. The maximum atomic E-state index is 5.96. The molecule has 1 aromatic heterocycles. The fraction of sp³-hybridized carbons (Fsp3) is 0.167. The highest BCUT2D eigenvalue weighted by atomic mass is 79.9. The van der Waals surface area contributed by atoms with Gasteiger partial charge in [-0.15, -0.1) is 0 Å². The van der Waals surface area contributed by atoms with Crippen LogP contribution in [0, 0.1) is 6.92 Å². The van der Waals surface area contributed by atoms with E-state index in [1.165, 1.54) is 6.33 Å². The Balaban J connectivity index is 2.54. The fourth-order valence-corrected chi connectivity index (χ4v) is 2.07. The second kappa shape index (κ2) is 4.71. The average Bonchev–Trinajstić information content (AvgIpc) is 2.32. The number of anilines is 1. The minimum Gasteiger partial charge on any atom is -0.496 e. The predicted octanol–water partition coefficient (Wildman–Crippen LogP) is 2.81. The van der Waals surface area contributed by atoms with Crippen LogP contribution in [0.3, 0.4) is 0 Å². The lowest BCUT2D eigenvalue weighted by molar-refractivity contribution is 0.412. The van der Waals surface area contributed by atoms with E-state index in [4.69, 9.17) is 10.5 Å². The van der Waals surface area contributed by atoms with Crippen LogP contribution in [0.5, 0.6) is 5.75 Å². The molecule has 0 unspecified atom stereocenters. The van der Waals surface area contributed by atoms with Crippen molar-refractivity contribution in [2.75, 3.05) is 12.8 Å². The lowest BCUT2D eigenvalue weighted by Crippen LogP contribution is -1.99. The summed E-state index contributed by atoms with van der Waals surface area (Å²) in [6, 6.07) is 5.72. The maximum Gasteiger partial charge on any atom is 0.133 e. The van der Waals surface area contributed by atoms with E-state index >= 15 is 0 Å². The monoisotopic (exact) mass is 293 g/mol. The van der Waals surface area contributed by atoms with Gasteiger partial charge in [-0.2, -0.15) is 0 Å². The zero-order valence-corrected chi connectivity index (χ0v) is 11.2. The Hall–Kier alpha value is -1.62. The second-order valence-electron chi connectivity index (χ2n) is 3.57. The van der Waals surface area contributed by atoms with Gasteiger partial charge in [-0.3, -0.25) is 0 Å². The van der Waals surface area contributed by atoms with E-state index in [-0.39, 0.29) is 0 Å². The third kappa shape index (κ3) is 2.24. The Kier molecular flexibility index (Phi) is 3.28. The van der Waals surface area contributed by atoms with E-state index < -0.39 is 0 Å². The SMILES string of the molecule is COc1ccc(-c2ncnc(C)c2N)cc1Br. The molecule has 0 amide bonds. The van der Waals surface area contributed by atoms with Crippen LogP contribution >= 0.6 is 15.9 Å². The van der Waals surface area contributed by atoms with Crippen LogP contribution in [0.25, 0.3) is 11.3 Å². The number of nitrogen functional groups attached to an aromatic ring is 1. The Bertz CT molecular complexity index is 557. The van der Waals surface area contributed by atoms with Gasteiger partial charge in [0.1, 0.15) is 12.1 Å². The van der Waals surface area contributed by atoms with Crippen molar-refractivity contribution >= 4 is 21.6 Å². The summed E-state index contributed by atoms with van der Waals surface area (Å²) in [4.78, 5) is 8.26. The van der Waals surface area contributed by atoms with Crippen LogP contribution in [-0.4, -0.2) is 17.1 Å². The molecule has 0 spiro atoms. The third-order valence-corrected chi connectivity index (χ3v) is 3.13. The van der Waals surface area contributed by atoms with E-state index in [0.29, 0.717) is 5.69 Å². The van der Waals surface area contributed by atoms with E-state index in [1.807, 2.05) is 25.1 Å². The van der Waals surface area contributed by atoms with Crippen molar-refractivity contribution in [3.05, 3.63) is 34.7 Å². The molecular weight excluding hydrogens is 282 g/mol. The Morgan fingerprint density at radius 2 is 2.06 bits per heavy atom. The number of nitrogens with zero attached hydrogens (tertiary/aromatic N) is 2. The number of benzene rings is 1. The summed E-state index contributed by atoms with van der Waals surface area (Å²) >= 11 is 3.44. The highest BCUT2D eigenvalue weighted by molar-refractivity contribution is 9.10. The largest absolute Gasteiger partial charge is 0.496 e. The summed E-state index contributed by atoms with van der Waals surface area (Å²) in [6.07, 6.45) is 1.51. The Morgan fingerprint density at radius 3 is 2.71 bits per heavy atom. The normalized spacial score (nSPS) is 10.3. The number of nitrogens with two attached hydrogens (primary N) is 1. The zero-order valence-electron chi connectivity index (χ0n) is 9.57. The molecule has 0 aliphatic rings. The molecule has 0 saturated heterocycles. The highest BCUT2D eigenvalue weighted by Gasteiger charge is 2.09. The summed E-state index contributed by atoms with van der Waals surface area (Å²) in [5.74, 6) is 0.776. The zero-order chi connectivity index (χ0) is 12.4. The van der Waals surface area contributed by atoms with Crippen molar-refractivity contribution in [2.24, 2.45) is 0 Å². The molecule has 4 nitrogen and oxygen atoms in total. The van der Waals surface area contributed by atoms with Gasteiger partial charge in [-0.05, 0) is 41.1 Å². The summed E-state index contributed by atoms with van der Waals surface area (Å²) in [7, 11) is 1.63. The first-order valence-electron chi connectivity index (χ1n) is 5.04. The molecule has 2 aromatic rings. The van der Waals surface area contributed by atoms with Crippen LogP contribution in [0.2, 0.25) is 0 Å². The number of ether oxygens (including phenoxy) is 1. The molecule has 0 saturated carbocycles. The molecular formula is C12H12BrN3O. The fourth-order valence-electron chi connectivity index (χ4n) is 1.53. The van der Waals surface area contributed by atoms with Gasteiger partial charge in [0.15, 0.2) is 0 Å². The van der Waals surface area contributed by atoms with Crippen LogP contribution in [0.4, 0.5) is 5.69 Å². The van der Waals surface area contributed by atoms with E-state index in [9.17, 15) is 0 Å². The van der Waals surface area contributed by atoms with Crippen LogP contribution in [0.15, 0.2) is 29.0 Å². The molecule has 1 aromatic carbocycles. The van der Waals surface area contributed by atoms with Gasteiger partial charge in [0.25, 0.3) is 0 Å². The predicted molar refractivity (Wildman–Crippen MR) is 70.9 cm³/mol. The average molecular weight is 294 g/mol. The Morgan fingerprint density at radius 1 is 1.29 bits per heavy atom. The van der Waals surface area contributed by atoms with Gasteiger partial charge >= 0.3 is 0 Å². The minimum atomic E-state index is 0.601. The molecule has 1 heterocycles. The molecule has 88 valence electrons. The van der Waals surface area contributed by atoms with E-state index in [1.54, 1.807) is 7.11 Å². The highest BCUT2D eigenvalue weighted by Crippen LogP contribution is 2.32. The Labute approximate surface area is 108 Å². The summed E-state index contributed by atoms with van der Waals surface area (Å²) < 4.78 is 6.05. The van der Waals surface area contributed by atoms with E-state index in [0.717, 1.165) is 27.2 Å². The van der Waals surface area contributed by atoms with Gasteiger partial charge in [0.2, 0.25) is 0 Å². The van der Waals surface area contributed by atoms with E-state index in [2.05, 4.69) is 25.9 Å². The minimum absolute atomic E-state index is 0.601. The number of methoxy groups -OCH3 is 1. The standard InChI is InChI=1S/C12H12BrN3O/c1-7-11(14)12(16-6-15-7)8-3-4-10(17-2)9(13)5-8/h3-6H,14H2,1-2H3. The molecule has 2 N–H and O–H groups in total. The molecule has 0 atom stereocenters. The van der Waals surface area contributed by atoms with Crippen LogP contribution < -0.4 is 10.5 Å². The van der Waals surface area contributed by atoms with Crippen molar-refractivity contribution in [1.29, 1.82) is 0 Å². The van der Waals surface area contributed by atoms with Gasteiger partial charge in [-0.1, -0.05) is 0 Å². The molecule has 0 bridgehead atoms. The van der Waals surface area contributed by atoms with Gasteiger partial charge in [0, 0.05) is 5.56 Å². The quantitative estimate of drug-likeness (QED) is 0.925. The topological polar surface area (TPSA) is 61.0 Å². The maximum absolute atomic E-state index is 5.96. The number of hydrogen-bond acceptors (Lipinski definition) is 4.